The Bertz CT molecular complexity index is 1080. The van der Waals surface area contributed by atoms with Crippen LogP contribution in [0.3, 0.4) is 0 Å². The van der Waals surface area contributed by atoms with Gasteiger partial charge in [-0.3, -0.25) is 0 Å². The van der Waals surface area contributed by atoms with Crippen LogP contribution in [0.25, 0.3) is 27.7 Å². The summed E-state index contributed by atoms with van der Waals surface area (Å²) in [4.78, 5) is 12.7. The molecule has 0 fully saturated rings. The summed E-state index contributed by atoms with van der Waals surface area (Å²) < 4.78 is 28.4. The SMILES string of the molecule is CCC(F)(F)CNc1ncc2c(-c3cnc4ncccc4c3)ccn2n1. The molecule has 4 aromatic rings. The highest BCUT2D eigenvalue weighted by Crippen LogP contribution is 2.27. The molecule has 0 amide bonds. The molecule has 6 nitrogen and oxygen atoms in total. The Hall–Kier alpha value is -3.16. The third-order valence-electron chi connectivity index (χ3n) is 4.20. The van der Waals surface area contributed by atoms with Crippen molar-refractivity contribution in [3.8, 4) is 11.1 Å². The van der Waals surface area contributed by atoms with Gasteiger partial charge >= 0.3 is 0 Å². The second kappa shape index (κ2) is 6.29. The number of hydrogen-bond donors (Lipinski definition) is 1. The van der Waals surface area contributed by atoms with E-state index in [-0.39, 0.29) is 12.4 Å². The zero-order chi connectivity index (χ0) is 18.1. The van der Waals surface area contributed by atoms with E-state index in [1.54, 1.807) is 29.3 Å². The van der Waals surface area contributed by atoms with Crippen molar-refractivity contribution in [2.75, 3.05) is 11.9 Å². The molecule has 0 aliphatic heterocycles. The molecular weight excluding hydrogens is 338 g/mol. The Balaban J connectivity index is 1.66. The molecule has 4 heterocycles. The van der Waals surface area contributed by atoms with Crippen LogP contribution < -0.4 is 5.32 Å². The van der Waals surface area contributed by atoms with Crippen LogP contribution in [0.15, 0.2) is 49.1 Å². The third-order valence-corrected chi connectivity index (χ3v) is 4.20. The van der Waals surface area contributed by atoms with E-state index < -0.39 is 12.5 Å². The second-order valence-electron chi connectivity index (χ2n) is 5.98. The van der Waals surface area contributed by atoms with Gasteiger partial charge in [0.15, 0.2) is 5.65 Å². The average molecular weight is 354 g/mol. The number of rotatable bonds is 5. The molecule has 132 valence electrons. The van der Waals surface area contributed by atoms with Crippen LogP contribution in [-0.4, -0.2) is 37.0 Å². The quantitative estimate of drug-likeness (QED) is 0.590. The maximum absolute atomic E-state index is 13.4. The molecule has 0 spiro atoms. The lowest BCUT2D eigenvalue weighted by atomic mass is 10.1. The monoisotopic (exact) mass is 354 g/mol. The lowest BCUT2D eigenvalue weighted by Gasteiger charge is -2.14. The number of pyridine rings is 2. The predicted octanol–water partition coefficient (Wildman–Crippen LogP) is 3.80. The van der Waals surface area contributed by atoms with Gasteiger partial charge in [-0.2, -0.15) is 0 Å². The molecule has 4 aromatic heterocycles. The van der Waals surface area contributed by atoms with Crippen molar-refractivity contribution < 1.29 is 8.78 Å². The van der Waals surface area contributed by atoms with E-state index in [9.17, 15) is 8.78 Å². The van der Waals surface area contributed by atoms with Gasteiger partial charge in [-0.1, -0.05) is 6.92 Å². The van der Waals surface area contributed by atoms with Gasteiger partial charge in [0, 0.05) is 41.5 Å². The number of halogens is 2. The Kier molecular flexibility index (Phi) is 3.95. The van der Waals surface area contributed by atoms with Gasteiger partial charge in [0.25, 0.3) is 5.92 Å². The van der Waals surface area contributed by atoms with Crippen molar-refractivity contribution in [3.05, 3.63) is 49.1 Å². The molecule has 0 aromatic carbocycles. The highest BCUT2D eigenvalue weighted by atomic mass is 19.3. The predicted molar refractivity (Wildman–Crippen MR) is 95.2 cm³/mol. The van der Waals surface area contributed by atoms with Crippen LogP contribution >= 0.6 is 0 Å². The molecule has 8 heteroatoms. The number of fused-ring (bicyclic) bond motifs is 2. The smallest absolute Gasteiger partial charge is 0.264 e. The first-order valence-corrected chi connectivity index (χ1v) is 8.23. The highest BCUT2D eigenvalue weighted by molar-refractivity contribution is 5.86. The summed E-state index contributed by atoms with van der Waals surface area (Å²) >= 11 is 0. The highest BCUT2D eigenvalue weighted by Gasteiger charge is 2.26. The topological polar surface area (TPSA) is 68.0 Å². The summed E-state index contributed by atoms with van der Waals surface area (Å²) in [7, 11) is 0. The standard InChI is InChI=1S/C18H16F2N6/c1-2-18(19,20)11-24-17-23-10-15-14(5-7-26(15)25-17)13-8-12-4-3-6-21-16(12)22-9-13/h3-10H,2,11H2,1H3,(H,24,25). The lowest BCUT2D eigenvalue weighted by molar-refractivity contribution is 0.0114. The molecule has 0 saturated heterocycles. The minimum atomic E-state index is -2.79. The van der Waals surface area contributed by atoms with Gasteiger partial charge < -0.3 is 5.32 Å². The van der Waals surface area contributed by atoms with Gasteiger partial charge in [-0.05, 0) is 24.3 Å². The van der Waals surface area contributed by atoms with Gasteiger partial charge in [0.1, 0.15) is 0 Å². The number of alkyl halides is 2. The Labute approximate surface area is 147 Å². The Morgan fingerprint density at radius 2 is 2.04 bits per heavy atom. The minimum absolute atomic E-state index is 0.161. The van der Waals surface area contributed by atoms with E-state index in [4.69, 9.17) is 0 Å². The van der Waals surface area contributed by atoms with E-state index in [2.05, 4.69) is 25.4 Å². The molecular formula is C18H16F2N6. The third kappa shape index (κ3) is 3.05. The summed E-state index contributed by atoms with van der Waals surface area (Å²) in [6, 6.07) is 7.70. The number of nitrogens with zero attached hydrogens (tertiary/aromatic N) is 5. The van der Waals surface area contributed by atoms with Crippen molar-refractivity contribution in [1.29, 1.82) is 0 Å². The van der Waals surface area contributed by atoms with Crippen molar-refractivity contribution in [1.82, 2.24) is 24.6 Å². The van der Waals surface area contributed by atoms with E-state index in [0.717, 1.165) is 22.0 Å². The number of aromatic nitrogens is 5. The first-order valence-electron chi connectivity index (χ1n) is 8.23. The minimum Gasteiger partial charge on any atom is -0.347 e. The van der Waals surface area contributed by atoms with Gasteiger partial charge in [0.05, 0.1) is 18.3 Å². The largest absolute Gasteiger partial charge is 0.347 e. The first kappa shape index (κ1) is 16.3. The van der Waals surface area contributed by atoms with Gasteiger partial charge in [-0.15, -0.1) is 5.10 Å². The molecule has 0 bridgehead atoms. The van der Waals surface area contributed by atoms with Crippen LogP contribution in [-0.2, 0) is 0 Å². The summed E-state index contributed by atoms with van der Waals surface area (Å²) in [6.07, 6.45) is 6.59. The van der Waals surface area contributed by atoms with Gasteiger partial charge in [-0.25, -0.2) is 28.2 Å². The molecule has 26 heavy (non-hydrogen) atoms. The average Bonchev–Trinajstić information content (AvgIpc) is 3.09. The summed E-state index contributed by atoms with van der Waals surface area (Å²) in [6.45, 7) is 0.946. The van der Waals surface area contributed by atoms with E-state index >= 15 is 0 Å². The van der Waals surface area contributed by atoms with Crippen LogP contribution in [0.5, 0.6) is 0 Å². The second-order valence-corrected chi connectivity index (χ2v) is 5.98. The fourth-order valence-electron chi connectivity index (χ4n) is 2.67. The van der Waals surface area contributed by atoms with E-state index in [1.165, 1.54) is 6.92 Å². The Morgan fingerprint density at radius 1 is 1.15 bits per heavy atom. The normalized spacial score (nSPS) is 12.0. The molecule has 0 unspecified atom stereocenters. The lowest BCUT2D eigenvalue weighted by Crippen LogP contribution is -2.27. The zero-order valence-electron chi connectivity index (χ0n) is 14.0. The fraction of sp³-hybridized carbons (Fsp3) is 0.222. The fourth-order valence-corrected chi connectivity index (χ4v) is 2.67. The molecule has 0 aliphatic rings. The summed E-state index contributed by atoms with van der Waals surface area (Å²) in [5.41, 5.74) is 3.27. The number of hydrogen-bond acceptors (Lipinski definition) is 5. The first-order chi connectivity index (χ1) is 12.6. The van der Waals surface area contributed by atoms with Crippen LogP contribution in [0.1, 0.15) is 13.3 Å². The zero-order valence-corrected chi connectivity index (χ0v) is 14.0. The van der Waals surface area contributed by atoms with Crippen LogP contribution in [0.2, 0.25) is 0 Å². The molecule has 0 atom stereocenters. The van der Waals surface area contributed by atoms with Crippen LogP contribution in [0.4, 0.5) is 14.7 Å². The number of nitrogens with one attached hydrogen (secondary N) is 1. The maximum Gasteiger partial charge on any atom is 0.264 e. The van der Waals surface area contributed by atoms with E-state index in [1.807, 2.05) is 24.3 Å². The van der Waals surface area contributed by atoms with E-state index in [0.29, 0.717) is 5.65 Å². The maximum atomic E-state index is 13.4. The van der Waals surface area contributed by atoms with Crippen molar-refractivity contribution in [2.45, 2.75) is 19.3 Å². The summed E-state index contributed by atoms with van der Waals surface area (Å²) in [5.74, 6) is -2.63. The van der Waals surface area contributed by atoms with Crippen LogP contribution in [0, 0.1) is 0 Å². The molecule has 0 aliphatic carbocycles. The Morgan fingerprint density at radius 3 is 2.88 bits per heavy atom. The molecule has 1 N–H and O–H groups in total. The van der Waals surface area contributed by atoms with Crippen molar-refractivity contribution >= 4 is 22.5 Å². The van der Waals surface area contributed by atoms with Gasteiger partial charge in [0.2, 0.25) is 5.95 Å². The van der Waals surface area contributed by atoms with Crippen molar-refractivity contribution in [2.24, 2.45) is 0 Å². The molecule has 0 saturated carbocycles. The summed E-state index contributed by atoms with van der Waals surface area (Å²) in [5, 5.41) is 7.77. The molecule has 0 radical (unpaired) electrons. The van der Waals surface area contributed by atoms with Crippen molar-refractivity contribution in [3.63, 3.8) is 0 Å². The molecule has 4 rings (SSSR count). The number of anilines is 1.